The molecule has 0 saturated carbocycles. The van der Waals surface area contributed by atoms with Crippen molar-refractivity contribution < 1.29 is 38.3 Å². The van der Waals surface area contributed by atoms with Crippen molar-refractivity contribution in [3.05, 3.63) is 42.2 Å². The van der Waals surface area contributed by atoms with Gasteiger partial charge in [-0.15, -0.1) is 0 Å². The van der Waals surface area contributed by atoms with Crippen LogP contribution in [0.4, 0.5) is 5.95 Å². The number of carbonyl (C=O) groups is 1. The van der Waals surface area contributed by atoms with Gasteiger partial charge >= 0.3 is 12.7 Å². The maximum atomic E-state index is 13.3. The summed E-state index contributed by atoms with van der Waals surface area (Å²) in [7, 11) is 1.41. The Morgan fingerprint density at radius 1 is 1.38 bits per heavy atom. The molecule has 2 aliphatic heterocycles. The SMILES string of the molecule is COc1nc(N)nc2c1ncn2[C@@H]1OC(CO[P@@]2(=O)N[C@@H](C(=O)O[C@H](C)c3ccccc3)CS2)[C@@H](O)[C@@]1(C)O. The summed E-state index contributed by atoms with van der Waals surface area (Å²) in [6, 6.07) is 8.43. The van der Waals surface area contributed by atoms with E-state index in [9.17, 15) is 19.6 Å². The number of methoxy groups -OCH3 is 1. The lowest BCUT2D eigenvalue weighted by molar-refractivity contribution is -0.150. The second kappa shape index (κ2) is 10.7. The largest absolute Gasteiger partial charge is 0.479 e. The molecule has 14 nitrogen and oxygen atoms in total. The molecule has 39 heavy (non-hydrogen) atoms. The van der Waals surface area contributed by atoms with Gasteiger partial charge in [-0.05, 0) is 19.4 Å². The molecule has 0 aliphatic carbocycles. The van der Waals surface area contributed by atoms with E-state index in [-0.39, 0.29) is 35.4 Å². The van der Waals surface area contributed by atoms with Gasteiger partial charge in [-0.25, -0.2) is 10.1 Å². The Morgan fingerprint density at radius 2 is 2.13 bits per heavy atom. The van der Waals surface area contributed by atoms with Crippen LogP contribution >= 0.6 is 18.1 Å². The van der Waals surface area contributed by atoms with Gasteiger partial charge in [0.15, 0.2) is 17.4 Å². The van der Waals surface area contributed by atoms with Crippen molar-refractivity contribution in [3.63, 3.8) is 0 Å². The molecule has 1 unspecified atom stereocenters. The number of hydrogen-bond donors (Lipinski definition) is 4. The lowest BCUT2D eigenvalue weighted by Gasteiger charge is -2.27. The molecule has 5 N–H and O–H groups in total. The van der Waals surface area contributed by atoms with Gasteiger partial charge in [0.05, 0.1) is 20.0 Å². The van der Waals surface area contributed by atoms with E-state index in [0.29, 0.717) is 0 Å². The summed E-state index contributed by atoms with van der Waals surface area (Å²) in [5.74, 6) is -0.310. The van der Waals surface area contributed by atoms with E-state index in [1.54, 1.807) is 6.92 Å². The number of esters is 1. The number of imidazole rings is 1. The number of ether oxygens (including phenoxy) is 3. The first-order valence-electron chi connectivity index (χ1n) is 12.0. The molecule has 5 rings (SSSR count). The normalized spacial score (nSPS) is 31.4. The predicted octanol–water partition coefficient (Wildman–Crippen LogP) is 1.56. The molecular weight excluding hydrogens is 551 g/mol. The fourth-order valence-corrected chi connectivity index (χ4v) is 8.33. The van der Waals surface area contributed by atoms with Crippen LogP contribution in [-0.2, 0) is 23.4 Å². The summed E-state index contributed by atoms with van der Waals surface area (Å²) in [6.07, 6.45) is -2.75. The second-order valence-electron chi connectivity index (χ2n) is 9.37. The summed E-state index contributed by atoms with van der Waals surface area (Å²) in [6.45, 7) is -0.719. The van der Waals surface area contributed by atoms with Crippen LogP contribution in [0.3, 0.4) is 0 Å². The maximum absolute atomic E-state index is 13.3. The van der Waals surface area contributed by atoms with Crippen LogP contribution in [-0.4, -0.2) is 79.0 Å². The first kappa shape index (κ1) is 27.8. The number of carbonyl (C=O) groups excluding carboxylic acids is 1. The van der Waals surface area contributed by atoms with Crippen molar-refractivity contribution in [1.82, 2.24) is 24.6 Å². The molecule has 2 fully saturated rings. The molecule has 4 heterocycles. The van der Waals surface area contributed by atoms with Crippen molar-refractivity contribution >= 4 is 41.2 Å². The van der Waals surface area contributed by atoms with Crippen LogP contribution in [0.5, 0.6) is 5.88 Å². The number of aliphatic hydroxyl groups excluding tert-OH is 1. The van der Waals surface area contributed by atoms with Crippen molar-refractivity contribution in [2.75, 3.05) is 25.2 Å². The number of hydrogen-bond acceptors (Lipinski definition) is 13. The minimum Gasteiger partial charge on any atom is -0.479 e. The Morgan fingerprint density at radius 3 is 2.85 bits per heavy atom. The minimum atomic E-state index is -3.53. The molecule has 3 aromatic rings. The number of fused-ring (bicyclic) bond motifs is 1. The van der Waals surface area contributed by atoms with Gasteiger partial charge in [-0.2, -0.15) is 9.97 Å². The van der Waals surface area contributed by atoms with Gasteiger partial charge in [-0.3, -0.25) is 13.9 Å². The number of anilines is 1. The summed E-state index contributed by atoms with van der Waals surface area (Å²) in [5, 5.41) is 24.7. The smallest absolute Gasteiger partial charge is 0.327 e. The minimum absolute atomic E-state index is 0.0761. The van der Waals surface area contributed by atoms with Crippen molar-refractivity contribution in [2.45, 2.75) is 50.0 Å². The highest BCUT2D eigenvalue weighted by molar-refractivity contribution is 8.56. The van der Waals surface area contributed by atoms with Crippen LogP contribution in [0.1, 0.15) is 31.7 Å². The third-order valence-electron chi connectivity index (χ3n) is 6.59. The van der Waals surface area contributed by atoms with Gasteiger partial charge in [0, 0.05) is 5.75 Å². The Balaban J connectivity index is 1.23. The maximum Gasteiger partial charge on any atom is 0.327 e. The molecule has 0 radical (unpaired) electrons. The fourth-order valence-electron chi connectivity index (χ4n) is 4.45. The monoisotopic (exact) mass is 580 g/mol. The van der Waals surface area contributed by atoms with E-state index in [2.05, 4.69) is 20.0 Å². The first-order valence-corrected chi connectivity index (χ1v) is 15.3. The Kier molecular flexibility index (Phi) is 7.59. The number of aliphatic hydroxyl groups is 2. The lowest BCUT2D eigenvalue weighted by atomic mass is 9.96. The summed E-state index contributed by atoms with van der Waals surface area (Å²) in [5.41, 5.74) is 5.33. The molecule has 16 heteroatoms. The third-order valence-corrected chi connectivity index (χ3v) is 10.6. The Labute approximate surface area is 227 Å². The van der Waals surface area contributed by atoms with Gasteiger partial charge in [0.25, 0.3) is 0 Å². The predicted molar refractivity (Wildman–Crippen MR) is 141 cm³/mol. The molecule has 0 spiro atoms. The molecule has 2 aromatic heterocycles. The van der Waals surface area contributed by atoms with Crippen LogP contribution in [0.25, 0.3) is 11.2 Å². The van der Waals surface area contributed by atoms with Gasteiger partial charge in [0.1, 0.15) is 30.0 Å². The molecule has 0 amide bonds. The van der Waals surface area contributed by atoms with E-state index in [0.717, 1.165) is 16.9 Å². The third kappa shape index (κ3) is 5.35. The fraction of sp³-hybridized carbons (Fsp3) is 0.478. The standard InChI is InChI=1S/C23H29N6O8PS/c1-12(13-7-5-4-6-8-13)36-20(31)14-10-39-38(33,28-14)35-9-15-17(30)23(2,32)21(37-15)29-11-25-16-18(29)26-22(24)27-19(16)34-3/h4-8,11-12,14-15,17,21,30,32H,9-10H2,1-3H3,(H,28,33)(H2,24,26,27)/t12-,14-,15?,17-,21-,23-,38+/m1/s1. The van der Waals surface area contributed by atoms with E-state index < -0.39 is 48.9 Å². The summed E-state index contributed by atoms with van der Waals surface area (Å²) >= 11 is 0.956. The van der Waals surface area contributed by atoms with E-state index in [1.807, 2.05) is 30.3 Å². The van der Waals surface area contributed by atoms with E-state index in [4.69, 9.17) is 24.5 Å². The number of aromatic nitrogens is 4. The van der Waals surface area contributed by atoms with Crippen LogP contribution < -0.4 is 15.6 Å². The van der Waals surface area contributed by atoms with E-state index in [1.165, 1.54) is 24.9 Å². The highest BCUT2D eigenvalue weighted by Gasteiger charge is 2.54. The van der Waals surface area contributed by atoms with Crippen molar-refractivity contribution in [2.24, 2.45) is 0 Å². The number of benzene rings is 1. The molecule has 2 saturated heterocycles. The lowest BCUT2D eigenvalue weighted by Crippen LogP contribution is -2.44. The quantitative estimate of drug-likeness (QED) is 0.221. The highest BCUT2D eigenvalue weighted by Crippen LogP contribution is 2.61. The zero-order valence-electron chi connectivity index (χ0n) is 21.3. The number of nitrogen functional groups attached to an aromatic ring is 1. The molecule has 2 aliphatic rings. The average Bonchev–Trinajstić information content (AvgIpc) is 3.57. The van der Waals surface area contributed by atoms with E-state index >= 15 is 0 Å². The second-order valence-corrected chi connectivity index (χ2v) is 13.7. The number of nitrogens with one attached hydrogen (secondary N) is 1. The van der Waals surface area contributed by atoms with Gasteiger partial charge in [-0.1, -0.05) is 41.7 Å². The molecule has 7 atom stereocenters. The topological polar surface area (TPSA) is 193 Å². The summed E-state index contributed by atoms with van der Waals surface area (Å²) < 4.78 is 37.0. The van der Waals surface area contributed by atoms with Crippen molar-refractivity contribution in [1.29, 1.82) is 0 Å². The zero-order chi connectivity index (χ0) is 27.9. The van der Waals surface area contributed by atoms with Crippen molar-refractivity contribution in [3.8, 4) is 5.88 Å². The first-order chi connectivity index (χ1) is 18.5. The highest BCUT2D eigenvalue weighted by atomic mass is 32.7. The molecular formula is C23H29N6O8PS. The number of nitrogens with two attached hydrogens (primary N) is 1. The average molecular weight is 581 g/mol. The number of nitrogens with zero attached hydrogens (tertiary/aromatic N) is 4. The molecule has 0 bridgehead atoms. The van der Waals surface area contributed by atoms with Crippen LogP contribution in [0.15, 0.2) is 36.7 Å². The van der Waals surface area contributed by atoms with Crippen LogP contribution in [0.2, 0.25) is 0 Å². The molecule has 210 valence electrons. The Hall–Kier alpha value is -2.78. The Bertz CT molecular complexity index is 1410. The van der Waals surface area contributed by atoms with Crippen LogP contribution in [0, 0.1) is 0 Å². The van der Waals surface area contributed by atoms with Gasteiger partial charge in [0.2, 0.25) is 11.8 Å². The number of rotatable bonds is 8. The zero-order valence-corrected chi connectivity index (χ0v) is 23.0. The van der Waals surface area contributed by atoms with Gasteiger partial charge < -0.3 is 34.7 Å². The summed E-state index contributed by atoms with van der Waals surface area (Å²) in [4.78, 5) is 25.0. The molecule has 1 aromatic carbocycles.